The van der Waals surface area contributed by atoms with Crippen LogP contribution in [0.4, 0.5) is 11.8 Å². The molecule has 2 saturated carbocycles. The van der Waals surface area contributed by atoms with Crippen molar-refractivity contribution in [3.8, 4) is 5.75 Å². The summed E-state index contributed by atoms with van der Waals surface area (Å²) in [7, 11) is -6.65. The quantitative estimate of drug-likeness (QED) is 0.0943. The maximum Gasteiger partial charge on any atom is 0.459 e. The summed E-state index contributed by atoms with van der Waals surface area (Å²) >= 11 is 3.35. The van der Waals surface area contributed by atoms with E-state index in [2.05, 4.69) is 40.8 Å². The molecule has 0 amide bonds. The number of rotatable bonds is 13. The van der Waals surface area contributed by atoms with Crippen molar-refractivity contribution in [3.63, 3.8) is 0 Å². The summed E-state index contributed by atoms with van der Waals surface area (Å²) in [4.78, 5) is 28.1. The fourth-order valence-electron chi connectivity index (χ4n) is 5.90. The predicted octanol–water partition coefficient (Wildman–Crippen LogP) is 1.89. The average Bonchev–Trinajstić information content (AvgIpc) is 3.30. The first-order chi connectivity index (χ1) is 23.0. The number of nitrogens with zero attached hydrogens (tertiary/aromatic N) is 5. The van der Waals surface area contributed by atoms with Crippen molar-refractivity contribution in [2.75, 3.05) is 30.7 Å². The van der Waals surface area contributed by atoms with Crippen LogP contribution in [0.3, 0.4) is 0 Å². The molecule has 6 N–H and O–H groups in total. The van der Waals surface area contributed by atoms with Crippen LogP contribution in [0.15, 0.2) is 35.1 Å². The van der Waals surface area contributed by atoms with Crippen molar-refractivity contribution in [2.24, 2.45) is 0 Å². The van der Waals surface area contributed by atoms with Gasteiger partial charge >= 0.3 is 13.7 Å². The molecule has 3 aliphatic rings. The first-order valence-electron chi connectivity index (χ1n) is 15.5. The predicted molar refractivity (Wildman–Crippen MR) is 178 cm³/mol. The molecule has 18 nitrogen and oxygen atoms in total. The van der Waals surface area contributed by atoms with E-state index in [0.717, 1.165) is 41.4 Å². The number of imidazole rings is 1. The molecule has 0 spiro atoms. The van der Waals surface area contributed by atoms with Gasteiger partial charge in [0.05, 0.1) is 19.2 Å². The summed E-state index contributed by atoms with van der Waals surface area (Å²) < 4.78 is 63.5. The number of fused-ring (bicyclic) bond motifs is 1. The molecule has 3 fully saturated rings. The number of aliphatic hydroxyl groups excluding tert-OH is 1. The second-order valence-corrected chi connectivity index (χ2v) is 17.0. The number of sulfonamides is 1. The molecular weight excluding hydrogens is 751 g/mol. The van der Waals surface area contributed by atoms with Crippen LogP contribution in [-0.4, -0.2) is 93.5 Å². The molecule has 6 rings (SSSR count). The molecule has 49 heavy (non-hydrogen) atoms. The normalized spacial score (nSPS) is 26.4. The topological polar surface area (TPSA) is 243 Å². The van der Waals surface area contributed by atoms with E-state index in [4.69, 9.17) is 24.3 Å². The van der Waals surface area contributed by atoms with Crippen LogP contribution in [0, 0.1) is 0 Å². The van der Waals surface area contributed by atoms with Crippen LogP contribution in [0.1, 0.15) is 51.7 Å². The maximum atomic E-state index is 14.3. The van der Waals surface area contributed by atoms with E-state index in [1.165, 1.54) is 24.9 Å². The van der Waals surface area contributed by atoms with Crippen LogP contribution < -0.4 is 25.2 Å². The zero-order chi connectivity index (χ0) is 35.4. The number of carbonyl (C=O) groups excluding carboxylic acids is 1. The highest BCUT2D eigenvalue weighted by Gasteiger charge is 2.58. The Balaban J connectivity index is 1.23. The lowest BCUT2D eigenvalue weighted by atomic mass is 9.96. The maximum absolute atomic E-state index is 14.3. The van der Waals surface area contributed by atoms with Gasteiger partial charge in [-0.15, -0.1) is 4.83 Å². The van der Waals surface area contributed by atoms with Crippen molar-refractivity contribution in [3.05, 3.63) is 35.1 Å². The third kappa shape index (κ3) is 7.72. The largest absolute Gasteiger partial charge is 0.461 e. The lowest BCUT2D eigenvalue weighted by Gasteiger charge is -2.28. The Morgan fingerprint density at radius 1 is 1.24 bits per heavy atom. The minimum absolute atomic E-state index is 0.0160. The van der Waals surface area contributed by atoms with Crippen LogP contribution in [0.5, 0.6) is 5.75 Å². The number of anilines is 2. The molecular formula is C28H38BrN8O10PS. The highest BCUT2D eigenvalue weighted by atomic mass is 79.9. The molecule has 1 aliphatic heterocycles. The van der Waals surface area contributed by atoms with Crippen molar-refractivity contribution in [1.82, 2.24) is 29.4 Å². The summed E-state index contributed by atoms with van der Waals surface area (Å²) in [5.74, 6) is -0.567. The van der Waals surface area contributed by atoms with Gasteiger partial charge in [0.15, 0.2) is 23.2 Å². The summed E-state index contributed by atoms with van der Waals surface area (Å²) in [6.07, 6.45) is 2.01. The van der Waals surface area contributed by atoms with Crippen molar-refractivity contribution in [1.29, 1.82) is 0 Å². The Morgan fingerprint density at radius 2 is 1.92 bits per heavy atom. The number of aliphatic hydroxyl groups is 2. The van der Waals surface area contributed by atoms with E-state index in [1.54, 1.807) is 24.3 Å². The zero-order valence-corrected chi connectivity index (χ0v) is 30.2. The third-order valence-corrected chi connectivity index (χ3v) is 11.3. The number of esters is 1. The molecule has 1 aromatic carbocycles. The van der Waals surface area contributed by atoms with Gasteiger partial charge in [0, 0.05) is 11.5 Å². The average molecular weight is 790 g/mol. The smallest absolute Gasteiger partial charge is 0.459 e. The van der Waals surface area contributed by atoms with Gasteiger partial charge in [0.2, 0.25) is 16.0 Å². The summed E-state index contributed by atoms with van der Waals surface area (Å²) in [5, 5.41) is 26.6. The van der Waals surface area contributed by atoms with Crippen molar-refractivity contribution < 1.29 is 46.5 Å². The number of ether oxygens (including phenoxy) is 2. The molecule has 3 aromatic rings. The number of nitrogen functional groups attached to an aromatic ring is 1. The number of nitrogens with one attached hydrogen (secondary N) is 2. The van der Waals surface area contributed by atoms with Crippen LogP contribution in [-0.2, 0) is 33.4 Å². The van der Waals surface area contributed by atoms with Crippen LogP contribution in [0.2, 0.25) is 0 Å². The van der Waals surface area contributed by atoms with Gasteiger partial charge in [-0.3, -0.25) is 18.9 Å². The lowest BCUT2D eigenvalue weighted by molar-refractivity contribution is -0.152. The number of hydrogen-bond acceptors (Lipinski definition) is 15. The van der Waals surface area contributed by atoms with E-state index >= 15 is 0 Å². The molecule has 5 atom stereocenters. The minimum atomic E-state index is -4.35. The highest BCUT2D eigenvalue weighted by molar-refractivity contribution is 9.10. The Kier molecular flexibility index (Phi) is 9.75. The Hall–Kier alpha value is -2.94. The Labute approximate surface area is 290 Å². The molecule has 2 aromatic heterocycles. The molecule has 21 heteroatoms. The van der Waals surface area contributed by atoms with E-state index in [1.807, 2.05) is 0 Å². The second kappa shape index (κ2) is 13.3. The first-order valence-corrected chi connectivity index (χ1v) is 19.7. The Bertz CT molecular complexity index is 1870. The van der Waals surface area contributed by atoms with Crippen molar-refractivity contribution >= 4 is 62.6 Å². The summed E-state index contributed by atoms with van der Waals surface area (Å²) in [6.45, 7) is 0.781. The molecule has 0 bridgehead atoms. The number of aromatic nitrogens is 4. The van der Waals surface area contributed by atoms with E-state index < -0.39 is 59.9 Å². The van der Waals surface area contributed by atoms with Gasteiger partial charge in [-0.25, -0.2) is 18.0 Å². The van der Waals surface area contributed by atoms with E-state index in [0.29, 0.717) is 12.8 Å². The van der Waals surface area contributed by atoms with Crippen LogP contribution >= 0.6 is 23.7 Å². The molecule has 0 radical (unpaired) electrons. The van der Waals surface area contributed by atoms with Gasteiger partial charge < -0.3 is 29.9 Å². The number of hydrazine groups is 1. The molecule has 268 valence electrons. The molecule has 3 unspecified atom stereocenters. The number of benzene rings is 1. The third-order valence-electron chi connectivity index (χ3n) is 8.56. The SMILES string of the molecule is CN(NS(C)(=O)=O)c1nc(N)nc2c1ncn2C1OC(COP(=O)(NC2(C(=O)OC3CCCC3)CC2)Oc2ccc(Br)cc2)[C@@H](O)[C@@]1(C)O. The van der Waals surface area contributed by atoms with E-state index in [-0.39, 0.29) is 34.8 Å². The number of hydrogen-bond donors (Lipinski definition) is 5. The first kappa shape index (κ1) is 35.9. The number of halogens is 1. The minimum Gasteiger partial charge on any atom is -0.461 e. The fraction of sp³-hybridized carbons (Fsp3) is 0.571. The van der Waals surface area contributed by atoms with Gasteiger partial charge in [-0.2, -0.15) is 15.1 Å². The van der Waals surface area contributed by atoms with Crippen molar-refractivity contribution in [2.45, 2.75) is 81.1 Å². The molecule has 2 aliphatic carbocycles. The fourth-order valence-corrected chi connectivity index (χ4v) is 8.49. The number of nitrogens with two attached hydrogens (primary N) is 1. The number of carbonyl (C=O) groups is 1. The standard InChI is InChI=1S/C28H38BrN8O10PS/c1-27(40)21(38)19(46-24(27)37-15-31-20-22(32-26(30)33-23(20)37)36(2)35-49(3,42)43)14-44-48(41,47-18-10-8-16(29)9-11-18)34-28(12-13-28)25(39)45-17-6-4-5-7-17/h8-11,15,17,19,21,24,35,38,40H,4-7,12-14H2,1-3H3,(H,34,41)(H2,30,32,33)/t19?,21-,24?,27-,48?/m1/s1. The summed E-state index contributed by atoms with van der Waals surface area (Å²) in [5.41, 5.74) is 2.85. The zero-order valence-electron chi connectivity index (χ0n) is 26.9. The lowest BCUT2D eigenvalue weighted by Crippen LogP contribution is -2.45. The van der Waals surface area contributed by atoms with Gasteiger partial charge in [-0.1, -0.05) is 15.9 Å². The Morgan fingerprint density at radius 3 is 2.55 bits per heavy atom. The summed E-state index contributed by atoms with van der Waals surface area (Å²) in [6, 6.07) is 6.49. The van der Waals surface area contributed by atoms with Gasteiger partial charge in [0.1, 0.15) is 35.2 Å². The van der Waals surface area contributed by atoms with E-state index in [9.17, 15) is 28.0 Å². The molecule has 3 heterocycles. The highest BCUT2D eigenvalue weighted by Crippen LogP contribution is 2.53. The van der Waals surface area contributed by atoms with Gasteiger partial charge in [0.25, 0.3) is 0 Å². The van der Waals surface area contributed by atoms with Gasteiger partial charge in [-0.05, 0) is 69.7 Å². The van der Waals surface area contributed by atoms with Crippen LogP contribution in [0.25, 0.3) is 11.2 Å². The molecule has 1 saturated heterocycles. The monoisotopic (exact) mass is 788 g/mol. The second-order valence-electron chi connectivity index (χ2n) is 12.7.